The highest BCUT2D eigenvalue weighted by atomic mass is 32.2. The Morgan fingerprint density at radius 1 is 1.33 bits per heavy atom. The number of thiophene rings is 1. The number of sulfonamides is 1. The van der Waals surface area contributed by atoms with Crippen LogP contribution in [0.15, 0.2) is 40.6 Å². The Morgan fingerprint density at radius 3 is 2.95 bits per heavy atom. The summed E-state index contributed by atoms with van der Waals surface area (Å²) >= 11 is 1.48. The minimum atomic E-state index is -3.62. The smallest absolute Gasteiger partial charge is 0.262 e. The van der Waals surface area contributed by atoms with Gasteiger partial charge in [0.25, 0.3) is 5.91 Å². The van der Waals surface area contributed by atoms with Crippen molar-refractivity contribution >= 4 is 33.0 Å². The number of benzene rings is 1. The molecule has 0 atom stereocenters. The molecule has 110 valence electrons. The topological polar surface area (TPSA) is 84.5 Å². The summed E-state index contributed by atoms with van der Waals surface area (Å²) in [5.74, 6) is 0.0996. The van der Waals surface area contributed by atoms with Crippen molar-refractivity contribution in [2.24, 2.45) is 0 Å². The van der Waals surface area contributed by atoms with Crippen LogP contribution in [0.3, 0.4) is 0 Å². The molecule has 2 N–H and O–H groups in total. The van der Waals surface area contributed by atoms with Crippen molar-refractivity contribution in [1.82, 2.24) is 4.72 Å². The lowest BCUT2D eigenvalue weighted by atomic mass is 10.2. The van der Waals surface area contributed by atoms with E-state index in [1.807, 2.05) is 17.5 Å². The highest BCUT2D eigenvalue weighted by molar-refractivity contribution is 7.89. The third-order valence-corrected chi connectivity index (χ3v) is 5.19. The highest BCUT2D eigenvalue weighted by Crippen LogP contribution is 2.30. The lowest BCUT2D eigenvalue weighted by molar-refractivity contribution is -0.118. The van der Waals surface area contributed by atoms with E-state index in [0.29, 0.717) is 11.4 Å². The molecule has 0 fully saturated rings. The number of hydrogen-bond donors (Lipinski definition) is 2. The molecular formula is C13H12N2O4S2. The van der Waals surface area contributed by atoms with Crippen LogP contribution in [0.1, 0.15) is 4.88 Å². The first kappa shape index (κ1) is 14.1. The van der Waals surface area contributed by atoms with Crippen LogP contribution >= 0.6 is 11.3 Å². The van der Waals surface area contributed by atoms with Crippen molar-refractivity contribution in [1.29, 1.82) is 0 Å². The van der Waals surface area contributed by atoms with E-state index >= 15 is 0 Å². The predicted molar refractivity (Wildman–Crippen MR) is 78.9 cm³/mol. The number of anilines is 1. The molecule has 1 aromatic carbocycles. The summed E-state index contributed by atoms with van der Waals surface area (Å²) in [7, 11) is -3.62. The second kappa shape index (κ2) is 5.47. The summed E-state index contributed by atoms with van der Waals surface area (Å²) in [5, 5.41) is 4.50. The van der Waals surface area contributed by atoms with Crippen LogP contribution in [0, 0.1) is 0 Å². The fraction of sp³-hybridized carbons (Fsp3) is 0.154. The number of rotatable bonds is 4. The number of hydrogen-bond acceptors (Lipinski definition) is 5. The van der Waals surface area contributed by atoms with Gasteiger partial charge >= 0.3 is 0 Å². The zero-order chi connectivity index (χ0) is 14.9. The van der Waals surface area contributed by atoms with E-state index < -0.39 is 10.0 Å². The molecule has 6 nitrogen and oxygen atoms in total. The Morgan fingerprint density at radius 2 is 2.19 bits per heavy atom. The van der Waals surface area contributed by atoms with Crippen LogP contribution in [-0.4, -0.2) is 20.9 Å². The Labute approximate surface area is 125 Å². The minimum absolute atomic E-state index is 0.106. The molecule has 2 aromatic rings. The normalized spacial score (nSPS) is 14.2. The zero-order valence-electron chi connectivity index (χ0n) is 10.8. The van der Waals surface area contributed by atoms with Crippen LogP contribution in [0.25, 0.3) is 0 Å². The molecule has 21 heavy (non-hydrogen) atoms. The molecule has 0 bridgehead atoms. The van der Waals surface area contributed by atoms with Gasteiger partial charge in [-0.2, -0.15) is 0 Å². The van der Waals surface area contributed by atoms with Gasteiger partial charge < -0.3 is 10.1 Å². The average molecular weight is 324 g/mol. The van der Waals surface area contributed by atoms with Gasteiger partial charge in [-0.1, -0.05) is 6.07 Å². The summed E-state index contributed by atoms with van der Waals surface area (Å²) in [4.78, 5) is 12.2. The first-order valence-electron chi connectivity index (χ1n) is 6.13. The van der Waals surface area contributed by atoms with Crippen molar-refractivity contribution in [3.05, 3.63) is 40.6 Å². The molecule has 1 aliphatic rings. The third-order valence-electron chi connectivity index (χ3n) is 2.91. The van der Waals surface area contributed by atoms with Gasteiger partial charge in [0.1, 0.15) is 5.75 Å². The first-order valence-corrected chi connectivity index (χ1v) is 8.50. The zero-order valence-corrected chi connectivity index (χ0v) is 12.5. The summed E-state index contributed by atoms with van der Waals surface area (Å²) in [6.45, 7) is 0.133. The summed E-state index contributed by atoms with van der Waals surface area (Å²) in [5.41, 5.74) is 0.475. The van der Waals surface area contributed by atoms with Crippen molar-refractivity contribution in [3.63, 3.8) is 0 Å². The average Bonchev–Trinajstić information content (AvgIpc) is 2.98. The molecule has 1 aliphatic heterocycles. The number of fused-ring (bicyclic) bond motifs is 1. The monoisotopic (exact) mass is 324 g/mol. The van der Waals surface area contributed by atoms with Crippen molar-refractivity contribution in [3.8, 4) is 5.75 Å². The molecule has 2 heterocycles. The molecular weight excluding hydrogens is 312 g/mol. The lowest BCUT2D eigenvalue weighted by Gasteiger charge is -2.18. The van der Waals surface area contributed by atoms with Gasteiger partial charge in [0.15, 0.2) is 6.61 Å². The van der Waals surface area contributed by atoms with Gasteiger partial charge in [0, 0.05) is 17.5 Å². The van der Waals surface area contributed by atoms with E-state index in [1.165, 1.54) is 29.5 Å². The number of carbonyl (C=O) groups excluding carboxylic acids is 1. The maximum atomic E-state index is 12.2. The van der Waals surface area contributed by atoms with Crippen LogP contribution < -0.4 is 14.8 Å². The fourth-order valence-corrected chi connectivity index (χ4v) is 3.64. The van der Waals surface area contributed by atoms with E-state index in [2.05, 4.69) is 10.0 Å². The van der Waals surface area contributed by atoms with Crippen molar-refractivity contribution in [2.45, 2.75) is 11.4 Å². The van der Waals surface area contributed by atoms with E-state index in [0.717, 1.165) is 4.88 Å². The number of nitrogens with one attached hydrogen (secondary N) is 2. The lowest BCUT2D eigenvalue weighted by Crippen LogP contribution is -2.26. The SMILES string of the molecule is O=C1COc2cc(S(=O)(=O)NCc3cccs3)ccc2N1. The van der Waals surface area contributed by atoms with Gasteiger partial charge in [0.2, 0.25) is 10.0 Å². The second-order valence-corrected chi connectivity index (χ2v) is 7.20. The Hall–Kier alpha value is -1.90. The standard InChI is InChI=1S/C13H12N2O4S2/c16-13-8-19-12-6-10(3-4-11(12)15-13)21(17,18)14-7-9-2-1-5-20-9/h1-6,14H,7-8H2,(H,15,16). The Balaban J connectivity index is 1.81. The molecule has 1 amide bonds. The number of ether oxygens (including phenoxy) is 1. The van der Waals surface area contributed by atoms with Crippen molar-refractivity contribution in [2.75, 3.05) is 11.9 Å². The predicted octanol–water partition coefficient (Wildman–Crippen LogP) is 1.56. The van der Waals surface area contributed by atoms with Gasteiger partial charge in [-0.3, -0.25) is 4.79 Å². The summed E-state index contributed by atoms with van der Waals surface area (Å²) in [6.07, 6.45) is 0. The van der Waals surface area contributed by atoms with Crippen LogP contribution in [0.4, 0.5) is 5.69 Å². The quantitative estimate of drug-likeness (QED) is 0.894. The van der Waals surface area contributed by atoms with Crippen LogP contribution in [-0.2, 0) is 21.4 Å². The molecule has 0 saturated heterocycles. The molecule has 0 spiro atoms. The Bertz CT molecular complexity index is 769. The number of carbonyl (C=O) groups is 1. The summed E-state index contributed by atoms with van der Waals surface area (Å²) in [6, 6.07) is 8.09. The molecule has 8 heteroatoms. The van der Waals surface area contributed by atoms with Crippen LogP contribution in [0.5, 0.6) is 5.75 Å². The molecule has 0 unspecified atom stereocenters. The van der Waals surface area contributed by atoms with Crippen LogP contribution in [0.2, 0.25) is 0 Å². The van der Waals surface area contributed by atoms with Gasteiger partial charge in [-0.25, -0.2) is 13.1 Å². The number of amides is 1. The maximum absolute atomic E-state index is 12.2. The third kappa shape index (κ3) is 3.07. The highest BCUT2D eigenvalue weighted by Gasteiger charge is 2.20. The maximum Gasteiger partial charge on any atom is 0.262 e. The molecule has 0 saturated carbocycles. The van der Waals surface area contributed by atoms with E-state index in [-0.39, 0.29) is 24.0 Å². The van der Waals surface area contributed by atoms with Gasteiger partial charge in [-0.05, 0) is 23.6 Å². The van der Waals surface area contributed by atoms with Crippen molar-refractivity contribution < 1.29 is 17.9 Å². The fourth-order valence-electron chi connectivity index (χ4n) is 1.88. The largest absolute Gasteiger partial charge is 0.482 e. The van der Waals surface area contributed by atoms with Gasteiger partial charge in [-0.15, -0.1) is 11.3 Å². The first-order chi connectivity index (χ1) is 10.0. The molecule has 0 radical (unpaired) electrons. The van der Waals surface area contributed by atoms with E-state index in [9.17, 15) is 13.2 Å². The Kier molecular flexibility index (Phi) is 3.66. The second-order valence-electron chi connectivity index (χ2n) is 4.40. The summed E-state index contributed by atoms with van der Waals surface area (Å²) < 4.78 is 32.2. The van der Waals surface area contributed by atoms with E-state index in [4.69, 9.17) is 4.74 Å². The molecule has 0 aliphatic carbocycles. The molecule has 3 rings (SSSR count). The van der Waals surface area contributed by atoms with Gasteiger partial charge in [0.05, 0.1) is 10.6 Å². The minimum Gasteiger partial charge on any atom is -0.482 e. The molecule has 1 aromatic heterocycles. The van der Waals surface area contributed by atoms with E-state index in [1.54, 1.807) is 0 Å².